The van der Waals surface area contributed by atoms with Crippen molar-refractivity contribution in [1.29, 1.82) is 0 Å². The fourth-order valence-corrected chi connectivity index (χ4v) is 2.50. The minimum Gasteiger partial charge on any atom is -0.490 e. The Labute approximate surface area is 147 Å². The lowest BCUT2D eigenvalue weighted by molar-refractivity contribution is 0.218. The number of anilines is 1. The maximum atomic E-state index is 14.0. The normalized spacial score (nSPS) is 15.6. The Hall–Kier alpha value is -3.18. The summed E-state index contributed by atoms with van der Waals surface area (Å²) >= 11 is 0. The molecule has 0 saturated heterocycles. The summed E-state index contributed by atoms with van der Waals surface area (Å²) in [6.45, 7) is -0.0320. The van der Waals surface area contributed by atoms with E-state index in [0.717, 1.165) is 12.1 Å². The maximum Gasteiger partial charge on any atom is 0.333 e. The van der Waals surface area contributed by atoms with Gasteiger partial charge in [0.25, 0.3) is 11.9 Å². The van der Waals surface area contributed by atoms with Crippen LogP contribution in [-0.4, -0.2) is 17.6 Å². The molecule has 27 heavy (non-hydrogen) atoms. The number of pyridine rings is 1. The van der Waals surface area contributed by atoms with Gasteiger partial charge in [-0.2, -0.15) is 22.5 Å². The Morgan fingerprint density at radius 3 is 2.33 bits per heavy atom. The number of hydrogen-bond acceptors (Lipinski definition) is 4. The number of halogens is 6. The van der Waals surface area contributed by atoms with Gasteiger partial charge < -0.3 is 10.1 Å². The number of amides is 2. The van der Waals surface area contributed by atoms with Gasteiger partial charge in [0, 0.05) is 6.42 Å². The first-order chi connectivity index (χ1) is 12.8. The van der Waals surface area contributed by atoms with Crippen LogP contribution in [0.4, 0.5) is 36.8 Å². The number of benzene rings is 1. The molecule has 3 N–H and O–H groups in total. The van der Waals surface area contributed by atoms with Gasteiger partial charge in [0.15, 0.2) is 11.6 Å². The molecule has 2 aromatic rings. The lowest BCUT2D eigenvalue weighted by Crippen LogP contribution is -2.43. The van der Waals surface area contributed by atoms with E-state index in [1.807, 2.05) is 0 Å². The molecule has 0 spiro atoms. The van der Waals surface area contributed by atoms with E-state index in [9.17, 15) is 31.1 Å². The number of hydrogen-bond donors (Lipinski definition) is 3. The summed E-state index contributed by atoms with van der Waals surface area (Å²) in [5.41, 5.74) is 1.86. The topological polar surface area (TPSA) is 75.3 Å². The highest BCUT2D eigenvalue weighted by molar-refractivity contribution is 5.76. The molecule has 0 radical (unpaired) electrons. The molecule has 0 aliphatic carbocycles. The highest BCUT2D eigenvalue weighted by atomic mass is 19.2. The summed E-state index contributed by atoms with van der Waals surface area (Å²) in [6.07, 6.45) is 0.0715. The predicted octanol–water partition coefficient (Wildman–Crippen LogP) is 3.07. The zero-order chi connectivity index (χ0) is 19.7. The zero-order valence-corrected chi connectivity index (χ0v) is 13.2. The van der Waals surface area contributed by atoms with Gasteiger partial charge >= 0.3 is 6.03 Å². The number of carbonyl (C=O) groups excluding carboxylic acids is 1. The van der Waals surface area contributed by atoms with E-state index in [-0.39, 0.29) is 24.3 Å². The van der Waals surface area contributed by atoms with Crippen molar-refractivity contribution in [2.75, 3.05) is 12.0 Å². The average Bonchev–Trinajstić information content (AvgIpc) is 2.63. The highest BCUT2D eigenvalue weighted by Crippen LogP contribution is 2.36. The van der Waals surface area contributed by atoms with Gasteiger partial charge in [0.2, 0.25) is 11.6 Å². The van der Waals surface area contributed by atoms with Crippen LogP contribution in [0.25, 0.3) is 0 Å². The largest absolute Gasteiger partial charge is 0.490 e. The second kappa shape index (κ2) is 7.21. The second-order valence-corrected chi connectivity index (χ2v) is 5.38. The number of rotatable bonds is 3. The van der Waals surface area contributed by atoms with Crippen LogP contribution in [0.15, 0.2) is 12.1 Å². The molecule has 1 aromatic carbocycles. The first-order valence-electron chi connectivity index (χ1n) is 7.42. The molecule has 0 bridgehead atoms. The summed E-state index contributed by atoms with van der Waals surface area (Å²) in [6, 6.07) is -0.447. The molecule has 1 aromatic heterocycles. The fourth-order valence-electron chi connectivity index (χ4n) is 2.50. The van der Waals surface area contributed by atoms with Crippen molar-refractivity contribution in [2.45, 2.75) is 12.5 Å². The molecule has 1 atom stereocenters. The van der Waals surface area contributed by atoms with Gasteiger partial charge in [-0.05, 0) is 12.1 Å². The molecule has 2 amide bonds. The quantitative estimate of drug-likeness (QED) is 0.427. The molecule has 0 unspecified atom stereocenters. The van der Waals surface area contributed by atoms with E-state index in [1.54, 1.807) is 10.9 Å². The predicted molar refractivity (Wildman–Crippen MR) is 78.6 cm³/mol. The number of hydrazine groups is 1. The van der Waals surface area contributed by atoms with Crippen LogP contribution in [0.5, 0.6) is 5.75 Å². The van der Waals surface area contributed by atoms with Crippen LogP contribution in [0.3, 0.4) is 0 Å². The van der Waals surface area contributed by atoms with Gasteiger partial charge in [-0.1, -0.05) is 0 Å². The van der Waals surface area contributed by atoms with Crippen LogP contribution in [0.2, 0.25) is 0 Å². The zero-order valence-electron chi connectivity index (χ0n) is 13.2. The molecule has 0 saturated carbocycles. The summed E-state index contributed by atoms with van der Waals surface area (Å²) in [4.78, 5) is 14.2. The summed E-state index contributed by atoms with van der Waals surface area (Å²) in [5, 5.41) is 2.23. The van der Waals surface area contributed by atoms with Crippen molar-refractivity contribution >= 4 is 11.7 Å². The number of carbonyl (C=O) groups is 1. The minimum atomic E-state index is -1.92. The number of aromatic nitrogens is 1. The first-order valence-corrected chi connectivity index (χ1v) is 7.42. The van der Waals surface area contributed by atoms with E-state index in [0.29, 0.717) is 0 Å². The third-order valence-electron chi connectivity index (χ3n) is 3.70. The maximum absolute atomic E-state index is 14.0. The summed E-state index contributed by atoms with van der Waals surface area (Å²) in [5.74, 6) is -9.60. The van der Waals surface area contributed by atoms with Gasteiger partial charge in [-0.25, -0.2) is 13.6 Å². The lowest BCUT2D eigenvalue weighted by Gasteiger charge is -2.27. The van der Waals surface area contributed by atoms with Crippen molar-refractivity contribution < 1.29 is 35.9 Å². The third kappa shape index (κ3) is 3.55. The Kier molecular flexibility index (Phi) is 4.97. The standard InChI is InChI=1S/C15H10F6N4O2/c16-5-1-2-6(17)12-8(5)7(3-4-27-12)22-15(26)25-24-11-9(18)13(20)23-14(21)10(11)19/h1-2,7H,3-4H2,(H,23,24)(H2,22,25,26)/t7-/m0/s1. The Bertz CT molecular complexity index is 884. The molecular weight excluding hydrogens is 382 g/mol. The molecule has 6 nitrogen and oxygen atoms in total. The van der Waals surface area contributed by atoms with Crippen molar-refractivity contribution in [3.8, 4) is 5.75 Å². The minimum absolute atomic E-state index is 0.0320. The van der Waals surface area contributed by atoms with Crippen LogP contribution in [-0.2, 0) is 0 Å². The number of fused-ring (bicyclic) bond motifs is 1. The van der Waals surface area contributed by atoms with Crippen molar-refractivity contribution in [3.63, 3.8) is 0 Å². The second-order valence-electron chi connectivity index (χ2n) is 5.38. The molecule has 1 aliphatic rings. The Balaban J connectivity index is 1.73. The van der Waals surface area contributed by atoms with Crippen molar-refractivity contribution in [1.82, 2.24) is 15.7 Å². The molecule has 144 valence electrons. The number of ether oxygens (including phenoxy) is 1. The fraction of sp³-hybridized carbons (Fsp3) is 0.200. The van der Waals surface area contributed by atoms with Crippen LogP contribution in [0, 0.1) is 35.2 Å². The number of nitrogens with one attached hydrogen (secondary N) is 3. The summed E-state index contributed by atoms with van der Waals surface area (Å²) < 4.78 is 85.7. The van der Waals surface area contributed by atoms with Crippen LogP contribution in [0.1, 0.15) is 18.0 Å². The van der Waals surface area contributed by atoms with Gasteiger partial charge in [0.05, 0.1) is 18.2 Å². The SMILES string of the molecule is O=C(NNc1c(F)c(F)nc(F)c1F)N[C@H]1CCOc2c(F)ccc(F)c21. The average molecular weight is 392 g/mol. The van der Waals surface area contributed by atoms with E-state index < -0.39 is 52.9 Å². The van der Waals surface area contributed by atoms with E-state index in [1.165, 1.54) is 0 Å². The molecule has 3 rings (SSSR count). The van der Waals surface area contributed by atoms with Crippen LogP contribution >= 0.6 is 0 Å². The van der Waals surface area contributed by atoms with Crippen molar-refractivity contribution in [2.24, 2.45) is 0 Å². The third-order valence-corrected chi connectivity index (χ3v) is 3.70. The number of urea groups is 1. The molecule has 1 aliphatic heterocycles. The van der Waals surface area contributed by atoms with Gasteiger partial charge in [-0.3, -0.25) is 10.9 Å². The lowest BCUT2D eigenvalue weighted by atomic mass is 10.00. The van der Waals surface area contributed by atoms with Crippen molar-refractivity contribution in [3.05, 3.63) is 52.9 Å². The monoisotopic (exact) mass is 392 g/mol. The number of nitrogens with zero attached hydrogens (tertiary/aromatic N) is 1. The first kappa shape index (κ1) is 18.6. The van der Waals surface area contributed by atoms with Gasteiger partial charge in [-0.15, -0.1) is 0 Å². The van der Waals surface area contributed by atoms with E-state index >= 15 is 0 Å². The molecule has 12 heteroatoms. The Morgan fingerprint density at radius 2 is 1.67 bits per heavy atom. The molecular formula is C15H10F6N4O2. The smallest absolute Gasteiger partial charge is 0.333 e. The van der Waals surface area contributed by atoms with E-state index in [4.69, 9.17) is 4.74 Å². The van der Waals surface area contributed by atoms with E-state index in [2.05, 4.69) is 10.3 Å². The van der Waals surface area contributed by atoms with Crippen LogP contribution < -0.4 is 20.9 Å². The molecule has 0 fully saturated rings. The Morgan fingerprint density at radius 1 is 1.04 bits per heavy atom. The van der Waals surface area contributed by atoms with Gasteiger partial charge in [0.1, 0.15) is 11.5 Å². The molecule has 2 heterocycles. The highest BCUT2D eigenvalue weighted by Gasteiger charge is 2.29. The summed E-state index contributed by atoms with van der Waals surface area (Å²) in [7, 11) is 0.